The fraction of sp³-hybridized carbons (Fsp3) is 0.250. The van der Waals surface area contributed by atoms with Crippen molar-refractivity contribution < 1.29 is 18.8 Å². The van der Waals surface area contributed by atoms with E-state index < -0.39 is 11.8 Å². The number of rotatable bonds is 7. The molecule has 8 heteroatoms. The Morgan fingerprint density at radius 3 is 2.61 bits per heavy atom. The summed E-state index contributed by atoms with van der Waals surface area (Å²) in [6, 6.07) is 12.3. The predicted octanol–water partition coefficient (Wildman–Crippen LogP) is 1.43. The molecule has 1 aliphatic heterocycles. The first kappa shape index (κ1) is 19.3. The minimum Gasteiger partial charge on any atom is -0.369 e. The minimum atomic E-state index is -0.623. The van der Waals surface area contributed by atoms with Crippen molar-refractivity contribution in [2.24, 2.45) is 11.7 Å². The number of nitrogens with two attached hydrogens (primary N) is 1. The Morgan fingerprint density at radius 1 is 1.21 bits per heavy atom. The van der Waals surface area contributed by atoms with E-state index in [1.165, 1.54) is 12.1 Å². The highest BCUT2D eigenvalue weighted by Gasteiger charge is 2.22. The number of carbonyl (C=O) groups excluding carboxylic acids is 3. The first-order chi connectivity index (χ1) is 13.4. The van der Waals surface area contributed by atoms with E-state index in [0.29, 0.717) is 30.8 Å². The van der Waals surface area contributed by atoms with Crippen molar-refractivity contribution in [2.75, 3.05) is 24.5 Å². The zero-order valence-corrected chi connectivity index (χ0v) is 15.2. The molecule has 1 atom stereocenters. The van der Waals surface area contributed by atoms with Crippen LogP contribution in [0.3, 0.4) is 0 Å². The summed E-state index contributed by atoms with van der Waals surface area (Å²) in [7, 11) is 0. The first-order valence-corrected chi connectivity index (χ1v) is 8.91. The summed E-state index contributed by atoms with van der Waals surface area (Å²) in [5.74, 6) is -1.90. The average Bonchev–Trinajstić information content (AvgIpc) is 3.12. The van der Waals surface area contributed by atoms with Crippen molar-refractivity contribution in [3.8, 4) is 0 Å². The van der Waals surface area contributed by atoms with Gasteiger partial charge in [0.15, 0.2) is 0 Å². The van der Waals surface area contributed by atoms with E-state index in [4.69, 9.17) is 5.73 Å². The molecular formula is C20H21FN4O3. The van der Waals surface area contributed by atoms with E-state index in [2.05, 4.69) is 10.6 Å². The molecule has 0 saturated carbocycles. The number of nitrogens with one attached hydrogen (secondary N) is 2. The van der Waals surface area contributed by atoms with Gasteiger partial charge in [0, 0.05) is 30.9 Å². The van der Waals surface area contributed by atoms with Gasteiger partial charge < -0.3 is 16.4 Å². The number of hydrogen-bond acceptors (Lipinski definition) is 3. The van der Waals surface area contributed by atoms with Crippen LogP contribution in [0.2, 0.25) is 0 Å². The maximum absolute atomic E-state index is 13.0. The maximum atomic E-state index is 13.0. The summed E-state index contributed by atoms with van der Waals surface area (Å²) >= 11 is 0. The van der Waals surface area contributed by atoms with E-state index in [9.17, 15) is 18.8 Å². The molecule has 4 amide bonds. The lowest BCUT2D eigenvalue weighted by atomic mass is 9.98. The van der Waals surface area contributed by atoms with Crippen molar-refractivity contribution in [2.45, 2.75) is 6.42 Å². The molecule has 1 heterocycles. The lowest BCUT2D eigenvalue weighted by molar-refractivity contribution is -0.121. The molecule has 1 unspecified atom stereocenters. The fourth-order valence-corrected chi connectivity index (χ4v) is 3.03. The maximum Gasteiger partial charge on any atom is 0.321 e. The smallest absolute Gasteiger partial charge is 0.321 e. The number of hydrogen-bond donors (Lipinski definition) is 3. The number of anilines is 1. The molecule has 1 saturated heterocycles. The number of urea groups is 1. The summed E-state index contributed by atoms with van der Waals surface area (Å²) in [4.78, 5) is 37.5. The van der Waals surface area contributed by atoms with Crippen LogP contribution >= 0.6 is 0 Å². The number of carbonyl (C=O) groups is 3. The fourth-order valence-electron chi connectivity index (χ4n) is 3.03. The number of halogens is 1. The molecule has 7 nitrogen and oxygen atoms in total. The number of amides is 4. The first-order valence-electron chi connectivity index (χ1n) is 8.91. The van der Waals surface area contributed by atoms with Gasteiger partial charge in [0.2, 0.25) is 5.91 Å². The summed E-state index contributed by atoms with van der Waals surface area (Å²) in [6.07, 6.45) is 0.296. The molecule has 1 aliphatic rings. The third-order valence-corrected chi connectivity index (χ3v) is 4.58. The van der Waals surface area contributed by atoms with Gasteiger partial charge in [-0.05, 0) is 42.3 Å². The summed E-state index contributed by atoms with van der Waals surface area (Å²) < 4.78 is 13.0. The molecule has 2 aromatic rings. The Kier molecular flexibility index (Phi) is 5.88. The van der Waals surface area contributed by atoms with Crippen LogP contribution in [-0.4, -0.2) is 37.5 Å². The van der Waals surface area contributed by atoms with Crippen molar-refractivity contribution >= 4 is 23.5 Å². The lowest BCUT2D eigenvalue weighted by Crippen LogP contribution is -2.37. The van der Waals surface area contributed by atoms with Crippen LogP contribution in [0.4, 0.5) is 14.9 Å². The van der Waals surface area contributed by atoms with Gasteiger partial charge in [0.1, 0.15) is 5.82 Å². The topological polar surface area (TPSA) is 105 Å². The van der Waals surface area contributed by atoms with Crippen molar-refractivity contribution in [3.05, 3.63) is 65.5 Å². The lowest BCUT2D eigenvalue weighted by Gasteiger charge is -2.17. The Balaban J connectivity index is 1.63. The van der Waals surface area contributed by atoms with Gasteiger partial charge in [-0.3, -0.25) is 14.5 Å². The monoisotopic (exact) mass is 384 g/mol. The van der Waals surface area contributed by atoms with Crippen molar-refractivity contribution in [3.63, 3.8) is 0 Å². The number of primary amides is 1. The Morgan fingerprint density at radius 2 is 1.96 bits per heavy atom. The van der Waals surface area contributed by atoms with E-state index in [1.54, 1.807) is 41.3 Å². The van der Waals surface area contributed by atoms with Crippen LogP contribution in [0.5, 0.6) is 0 Å². The van der Waals surface area contributed by atoms with Crippen molar-refractivity contribution in [1.29, 1.82) is 0 Å². The van der Waals surface area contributed by atoms with E-state index in [-0.39, 0.29) is 24.3 Å². The second kappa shape index (κ2) is 8.51. The van der Waals surface area contributed by atoms with Crippen LogP contribution in [0.25, 0.3) is 0 Å². The second-order valence-corrected chi connectivity index (χ2v) is 6.57. The standard InChI is InChI=1S/C20H21FN4O3/c21-16-6-4-13(5-7-16)10-15(18(22)26)12-24-19(27)14-2-1-3-17(11-14)25-9-8-23-20(25)28/h1-7,11,15H,8-10,12H2,(H2,22,26)(H,23,28)(H,24,27). The SMILES string of the molecule is NC(=O)C(CNC(=O)c1cccc(N2CCNC2=O)c1)Cc1ccc(F)cc1. The van der Waals surface area contributed by atoms with Gasteiger partial charge in [0.05, 0.1) is 5.92 Å². The van der Waals surface area contributed by atoms with Gasteiger partial charge in [-0.25, -0.2) is 9.18 Å². The molecule has 0 radical (unpaired) electrons. The van der Waals surface area contributed by atoms with Crippen LogP contribution in [0, 0.1) is 11.7 Å². The third kappa shape index (κ3) is 4.64. The predicted molar refractivity (Wildman–Crippen MR) is 102 cm³/mol. The van der Waals surface area contributed by atoms with Gasteiger partial charge >= 0.3 is 6.03 Å². The molecule has 4 N–H and O–H groups in total. The van der Waals surface area contributed by atoms with Crippen LogP contribution in [0.1, 0.15) is 15.9 Å². The summed E-state index contributed by atoms with van der Waals surface area (Å²) in [6.45, 7) is 1.14. The quantitative estimate of drug-likeness (QED) is 0.673. The molecule has 146 valence electrons. The Bertz CT molecular complexity index is 885. The Labute approximate surface area is 161 Å². The number of benzene rings is 2. The molecule has 0 bridgehead atoms. The van der Waals surface area contributed by atoms with Gasteiger partial charge in [-0.15, -0.1) is 0 Å². The van der Waals surface area contributed by atoms with Gasteiger partial charge in [-0.1, -0.05) is 18.2 Å². The highest BCUT2D eigenvalue weighted by Crippen LogP contribution is 2.18. The van der Waals surface area contributed by atoms with E-state index in [1.807, 2.05) is 0 Å². The Hall–Kier alpha value is -3.42. The van der Waals surface area contributed by atoms with Crippen molar-refractivity contribution in [1.82, 2.24) is 10.6 Å². The highest BCUT2D eigenvalue weighted by molar-refractivity contribution is 5.98. The van der Waals surface area contributed by atoms with Gasteiger partial charge in [0.25, 0.3) is 5.91 Å². The third-order valence-electron chi connectivity index (χ3n) is 4.58. The van der Waals surface area contributed by atoms with E-state index >= 15 is 0 Å². The molecule has 0 aliphatic carbocycles. The molecule has 0 spiro atoms. The number of nitrogens with zero attached hydrogens (tertiary/aromatic N) is 1. The molecule has 28 heavy (non-hydrogen) atoms. The van der Waals surface area contributed by atoms with Crippen LogP contribution in [-0.2, 0) is 11.2 Å². The second-order valence-electron chi connectivity index (χ2n) is 6.57. The molecule has 1 fully saturated rings. The molecule has 0 aromatic heterocycles. The van der Waals surface area contributed by atoms with Crippen LogP contribution < -0.4 is 21.3 Å². The largest absolute Gasteiger partial charge is 0.369 e. The molecular weight excluding hydrogens is 363 g/mol. The summed E-state index contributed by atoms with van der Waals surface area (Å²) in [5.41, 5.74) is 7.20. The highest BCUT2D eigenvalue weighted by atomic mass is 19.1. The average molecular weight is 384 g/mol. The zero-order valence-electron chi connectivity index (χ0n) is 15.2. The molecule has 3 rings (SSSR count). The zero-order chi connectivity index (χ0) is 20.1. The van der Waals surface area contributed by atoms with Crippen LogP contribution in [0.15, 0.2) is 48.5 Å². The molecule has 2 aromatic carbocycles. The summed E-state index contributed by atoms with van der Waals surface area (Å²) in [5, 5.41) is 5.42. The normalized spacial score (nSPS) is 14.5. The minimum absolute atomic E-state index is 0.0555. The van der Waals surface area contributed by atoms with E-state index in [0.717, 1.165) is 5.56 Å². The van der Waals surface area contributed by atoms with Gasteiger partial charge in [-0.2, -0.15) is 0 Å².